The highest BCUT2D eigenvalue weighted by molar-refractivity contribution is 6.32. The maximum atomic E-state index is 10.5. The fraction of sp³-hybridized carbons (Fsp3) is 0.357. The van der Waals surface area contributed by atoms with E-state index in [1.165, 1.54) is 13.2 Å². The highest BCUT2D eigenvalue weighted by Gasteiger charge is 2.13. The van der Waals surface area contributed by atoms with Crippen LogP contribution in [0.3, 0.4) is 0 Å². The van der Waals surface area contributed by atoms with Crippen LogP contribution >= 0.6 is 11.6 Å². The summed E-state index contributed by atoms with van der Waals surface area (Å²) < 4.78 is 10.9. The Labute approximate surface area is 117 Å². The minimum absolute atomic E-state index is 0.0202. The predicted octanol–water partition coefficient (Wildman–Crippen LogP) is 3.62. The largest absolute Gasteiger partial charge is 0.493 e. The van der Waals surface area contributed by atoms with Crippen molar-refractivity contribution in [3.63, 3.8) is 0 Å². The van der Waals surface area contributed by atoms with E-state index in [0.29, 0.717) is 22.1 Å². The number of ether oxygens (including phenoxy) is 2. The van der Waals surface area contributed by atoms with Gasteiger partial charge in [0, 0.05) is 6.08 Å². The average molecular weight is 285 g/mol. The molecule has 0 fully saturated rings. The first-order chi connectivity index (χ1) is 8.97. The Kier molecular flexibility index (Phi) is 5.70. The Balaban J connectivity index is 3.10. The first-order valence-corrected chi connectivity index (χ1v) is 6.30. The maximum absolute atomic E-state index is 10.5. The Hall–Kier alpha value is -1.68. The van der Waals surface area contributed by atoms with Crippen LogP contribution in [0.25, 0.3) is 6.08 Å². The maximum Gasteiger partial charge on any atom is 0.328 e. The van der Waals surface area contributed by atoms with E-state index < -0.39 is 5.97 Å². The second-order valence-corrected chi connectivity index (χ2v) is 4.45. The van der Waals surface area contributed by atoms with Crippen LogP contribution < -0.4 is 9.47 Å². The summed E-state index contributed by atoms with van der Waals surface area (Å²) >= 11 is 6.14. The smallest absolute Gasteiger partial charge is 0.328 e. The fourth-order valence-corrected chi connectivity index (χ4v) is 1.67. The van der Waals surface area contributed by atoms with Gasteiger partial charge in [-0.05, 0) is 37.1 Å². The van der Waals surface area contributed by atoms with Gasteiger partial charge in [-0.15, -0.1) is 0 Å². The fourth-order valence-electron chi connectivity index (χ4n) is 1.40. The topological polar surface area (TPSA) is 55.8 Å². The molecule has 0 bridgehead atoms. The van der Waals surface area contributed by atoms with Crippen molar-refractivity contribution < 1.29 is 19.4 Å². The minimum atomic E-state index is -1.02. The number of methoxy groups -OCH3 is 1. The van der Waals surface area contributed by atoms with Crippen LogP contribution in [0.1, 0.15) is 25.8 Å². The second-order valence-electron chi connectivity index (χ2n) is 4.04. The molecule has 0 amide bonds. The molecule has 0 aromatic heterocycles. The van der Waals surface area contributed by atoms with Crippen molar-refractivity contribution in [3.8, 4) is 11.5 Å². The molecule has 0 saturated carbocycles. The highest BCUT2D eigenvalue weighted by atomic mass is 35.5. The van der Waals surface area contributed by atoms with Crippen molar-refractivity contribution in [2.75, 3.05) is 7.11 Å². The lowest BCUT2D eigenvalue weighted by atomic mass is 10.2. The van der Waals surface area contributed by atoms with Gasteiger partial charge in [-0.2, -0.15) is 0 Å². The quantitative estimate of drug-likeness (QED) is 0.811. The molecule has 19 heavy (non-hydrogen) atoms. The zero-order chi connectivity index (χ0) is 14.4. The molecule has 1 rings (SSSR count). The van der Waals surface area contributed by atoms with Gasteiger partial charge in [0.25, 0.3) is 0 Å². The van der Waals surface area contributed by atoms with Crippen molar-refractivity contribution in [3.05, 3.63) is 28.8 Å². The Bertz CT molecular complexity index is 483. The summed E-state index contributed by atoms with van der Waals surface area (Å²) in [6.45, 7) is 3.95. The zero-order valence-corrected chi connectivity index (χ0v) is 11.9. The van der Waals surface area contributed by atoms with E-state index >= 15 is 0 Å². The number of rotatable bonds is 6. The Morgan fingerprint density at radius 1 is 1.53 bits per heavy atom. The lowest BCUT2D eigenvalue weighted by molar-refractivity contribution is -0.131. The molecule has 104 valence electrons. The van der Waals surface area contributed by atoms with Gasteiger partial charge in [0.15, 0.2) is 11.5 Å². The second kappa shape index (κ2) is 7.04. The van der Waals surface area contributed by atoms with Crippen molar-refractivity contribution in [1.29, 1.82) is 0 Å². The number of carboxylic acids is 1. The molecule has 0 aliphatic rings. The van der Waals surface area contributed by atoms with E-state index in [-0.39, 0.29) is 6.10 Å². The molecule has 1 aromatic carbocycles. The summed E-state index contributed by atoms with van der Waals surface area (Å²) in [5.74, 6) is -0.0566. The van der Waals surface area contributed by atoms with Crippen molar-refractivity contribution in [2.45, 2.75) is 26.4 Å². The number of halogens is 1. The first-order valence-electron chi connectivity index (χ1n) is 5.93. The summed E-state index contributed by atoms with van der Waals surface area (Å²) in [4.78, 5) is 10.5. The monoisotopic (exact) mass is 284 g/mol. The third-order valence-corrected chi connectivity index (χ3v) is 2.84. The number of carbonyl (C=O) groups is 1. The van der Waals surface area contributed by atoms with Gasteiger partial charge in [-0.3, -0.25) is 0 Å². The van der Waals surface area contributed by atoms with Gasteiger partial charge in [0.1, 0.15) is 0 Å². The van der Waals surface area contributed by atoms with Gasteiger partial charge in [0.2, 0.25) is 0 Å². The van der Waals surface area contributed by atoms with Gasteiger partial charge in [0.05, 0.1) is 18.2 Å². The van der Waals surface area contributed by atoms with Gasteiger partial charge in [-0.1, -0.05) is 18.5 Å². The molecular formula is C14H17ClO4. The van der Waals surface area contributed by atoms with Gasteiger partial charge < -0.3 is 14.6 Å². The standard InChI is InChI=1S/C14H17ClO4/c1-4-9(2)19-14-11(15)7-10(5-6-13(16)17)8-12(14)18-3/h5-9H,4H2,1-3H3,(H,16,17)/b6-5+. The van der Waals surface area contributed by atoms with Crippen LogP contribution in [-0.4, -0.2) is 24.3 Å². The Morgan fingerprint density at radius 2 is 2.21 bits per heavy atom. The molecule has 0 aliphatic heterocycles. The lowest BCUT2D eigenvalue weighted by Crippen LogP contribution is -2.11. The van der Waals surface area contributed by atoms with E-state index in [4.69, 9.17) is 26.2 Å². The van der Waals surface area contributed by atoms with Crippen LogP contribution in [0.15, 0.2) is 18.2 Å². The van der Waals surface area contributed by atoms with Crippen LogP contribution in [0.5, 0.6) is 11.5 Å². The van der Waals surface area contributed by atoms with Crippen molar-refractivity contribution in [1.82, 2.24) is 0 Å². The van der Waals surface area contributed by atoms with E-state index in [1.807, 2.05) is 13.8 Å². The summed E-state index contributed by atoms with van der Waals surface area (Å²) in [6, 6.07) is 3.32. The summed E-state index contributed by atoms with van der Waals surface area (Å²) in [7, 11) is 1.51. The number of benzene rings is 1. The van der Waals surface area contributed by atoms with Gasteiger partial charge in [-0.25, -0.2) is 4.79 Å². The third kappa shape index (κ3) is 4.48. The molecule has 0 heterocycles. The van der Waals surface area contributed by atoms with Gasteiger partial charge >= 0.3 is 5.97 Å². The normalized spacial score (nSPS) is 12.4. The van der Waals surface area contributed by atoms with Crippen LogP contribution in [0.2, 0.25) is 5.02 Å². The summed E-state index contributed by atoms with van der Waals surface area (Å²) in [6.07, 6.45) is 3.36. The Morgan fingerprint density at radius 3 is 2.74 bits per heavy atom. The van der Waals surface area contributed by atoms with Crippen LogP contribution in [0, 0.1) is 0 Å². The molecule has 0 radical (unpaired) electrons. The molecule has 0 aliphatic carbocycles. The molecule has 1 atom stereocenters. The molecule has 1 N–H and O–H groups in total. The van der Waals surface area contributed by atoms with E-state index in [1.54, 1.807) is 12.1 Å². The van der Waals surface area contributed by atoms with E-state index in [9.17, 15) is 4.79 Å². The average Bonchev–Trinajstić information content (AvgIpc) is 2.38. The lowest BCUT2D eigenvalue weighted by Gasteiger charge is -2.17. The number of hydrogen-bond acceptors (Lipinski definition) is 3. The molecule has 5 heteroatoms. The SMILES string of the molecule is CCC(C)Oc1c(Cl)cc(/C=C/C(=O)O)cc1OC. The molecule has 0 spiro atoms. The molecular weight excluding hydrogens is 268 g/mol. The first kappa shape index (κ1) is 15.4. The summed E-state index contributed by atoms with van der Waals surface area (Å²) in [5.41, 5.74) is 0.640. The highest BCUT2D eigenvalue weighted by Crippen LogP contribution is 2.37. The number of carboxylic acid groups (broad SMARTS) is 1. The van der Waals surface area contributed by atoms with Crippen LogP contribution in [0.4, 0.5) is 0 Å². The van der Waals surface area contributed by atoms with E-state index in [0.717, 1.165) is 12.5 Å². The molecule has 4 nitrogen and oxygen atoms in total. The summed E-state index contributed by atoms with van der Waals surface area (Å²) in [5, 5.41) is 8.99. The third-order valence-electron chi connectivity index (χ3n) is 2.56. The number of hydrogen-bond donors (Lipinski definition) is 1. The predicted molar refractivity (Wildman–Crippen MR) is 75.1 cm³/mol. The minimum Gasteiger partial charge on any atom is -0.493 e. The molecule has 1 aromatic rings. The van der Waals surface area contributed by atoms with Crippen LogP contribution in [-0.2, 0) is 4.79 Å². The molecule has 0 saturated heterocycles. The zero-order valence-electron chi connectivity index (χ0n) is 11.1. The molecule has 1 unspecified atom stereocenters. The van der Waals surface area contributed by atoms with Crippen molar-refractivity contribution in [2.24, 2.45) is 0 Å². The number of aliphatic carboxylic acids is 1. The van der Waals surface area contributed by atoms with E-state index in [2.05, 4.69) is 0 Å². The van der Waals surface area contributed by atoms with Crippen molar-refractivity contribution >= 4 is 23.6 Å².